The largest absolute Gasteiger partial charge is 0.416 e. The Morgan fingerprint density at radius 2 is 1.90 bits per heavy atom. The fraction of sp³-hybridized carbons (Fsp3) is 0.238. The van der Waals surface area contributed by atoms with Crippen LogP contribution in [-0.4, -0.2) is 27.4 Å². The van der Waals surface area contributed by atoms with Gasteiger partial charge in [0.15, 0.2) is 10.9 Å². The number of alkyl halides is 3. The van der Waals surface area contributed by atoms with E-state index in [1.807, 2.05) is 25.2 Å². The number of aromatic nitrogens is 3. The maximum atomic E-state index is 12.7. The number of benzene rings is 2. The van der Waals surface area contributed by atoms with Crippen LogP contribution in [0.15, 0.2) is 48.7 Å². The highest BCUT2D eigenvalue weighted by molar-refractivity contribution is 7.18. The molecule has 4 aromatic rings. The highest BCUT2D eigenvalue weighted by atomic mass is 32.1. The van der Waals surface area contributed by atoms with E-state index in [1.54, 1.807) is 10.9 Å². The molecule has 2 aromatic carbocycles. The molecule has 0 saturated carbocycles. The number of rotatable bonds is 6. The van der Waals surface area contributed by atoms with Crippen LogP contribution >= 0.6 is 11.3 Å². The van der Waals surface area contributed by atoms with Crippen LogP contribution in [0.5, 0.6) is 0 Å². The van der Waals surface area contributed by atoms with Gasteiger partial charge in [0.25, 0.3) is 0 Å². The van der Waals surface area contributed by atoms with E-state index in [4.69, 9.17) is 11.5 Å². The number of hydrogen-bond acceptors (Lipinski definition) is 6. The second-order valence-corrected chi connectivity index (χ2v) is 8.34. The van der Waals surface area contributed by atoms with Crippen LogP contribution in [0.3, 0.4) is 0 Å². The molecule has 31 heavy (non-hydrogen) atoms. The standard InChI is InChI=1S/C21H21F3N6S/c1-30-17-9-13(4-7-16(17)19(26)29-30)18-11-28-20(31-18)27-10-15(25)8-12-2-5-14(6-3-12)21(22,23)24/h2-7,9,11,15H,8,10,25H2,1H3,(H2,26,29)(H,27,28). The average molecular weight is 447 g/mol. The molecule has 1 unspecified atom stereocenters. The Bertz CT molecular complexity index is 1200. The van der Waals surface area contributed by atoms with Crippen molar-refractivity contribution in [1.82, 2.24) is 14.8 Å². The zero-order valence-electron chi connectivity index (χ0n) is 16.6. The minimum absolute atomic E-state index is 0.266. The number of aryl methyl sites for hydroxylation is 1. The SMILES string of the molecule is Cn1nc(N)c2ccc(-c3cnc(NCC(N)Cc4ccc(C(F)(F)F)cc4)s3)cc21. The molecule has 0 bridgehead atoms. The Morgan fingerprint density at radius 1 is 1.16 bits per heavy atom. The zero-order valence-corrected chi connectivity index (χ0v) is 17.5. The Labute approximate surface area is 180 Å². The van der Waals surface area contributed by atoms with Crippen LogP contribution < -0.4 is 16.8 Å². The van der Waals surface area contributed by atoms with E-state index in [0.29, 0.717) is 18.8 Å². The van der Waals surface area contributed by atoms with Gasteiger partial charge in [0.2, 0.25) is 0 Å². The predicted molar refractivity (Wildman–Crippen MR) is 118 cm³/mol. The predicted octanol–water partition coefficient (Wildman–Crippen LogP) is 4.28. The molecule has 0 aliphatic heterocycles. The molecule has 0 radical (unpaired) electrons. The van der Waals surface area contributed by atoms with Crippen molar-refractivity contribution in [2.24, 2.45) is 12.8 Å². The number of halogens is 3. The maximum absolute atomic E-state index is 12.7. The third-order valence-corrected chi connectivity index (χ3v) is 5.97. The molecule has 0 aliphatic carbocycles. The van der Waals surface area contributed by atoms with E-state index in [1.165, 1.54) is 23.5 Å². The number of fused-ring (bicyclic) bond motifs is 1. The van der Waals surface area contributed by atoms with Crippen LogP contribution in [0.2, 0.25) is 0 Å². The van der Waals surface area contributed by atoms with E-state index in [2.05, 4.69) is 15.4 Å². The molecule has 0 fully saturated rings. The fourth-order valence-electron chi connectivity index (χ4n) is 3.35. The quantitative estimate of drug-likeness (QED) is 0.411. The fourth-order valence-corrected chi connectivity index (χ4v) is 4.17. The van der Waals surface area contributed by atoms with E-state index in [9.17, 15) is 13.2 Å². The highest BCUT2D eigenvalue weighted by Gasteiger charge is 2.29. The van der Waals surface area contributed by atoms with E-state index >= 15 is 0 Å². The summed E-state index contributed by atoms with van der Waals surface area (Å²) < 4.78 is 39.7. The first-order valence-corrected chi connectivity index (χ1v) is 10.4. The summed E-state index contributed by atoms with van der Waals surface area (Å²) in [6, 6.07) is 10.8. The Morgan fingerprint density at radius 3 is 2.61 bits per heavy atom. The molecule has 0 amide bonds. The number of nitrogens with zero attached hydrogens (tertiary/aromatic N) is 3. The summed E-state index contributed by atoms with van der Waals surface area (Å²) in [4.78, 5) is 5.38. The lowest BCUT2D eigenvalue weighted by Crippen LogP contribution is -2.31. The van der Waals surface area contributed by atoms with Crippen LogP contribution in [-0.2, 0) is 19.6 Å². The molecule has 2 heterocycles. The molecule has 0 saturated heterocycles. The van der Waals surface area contributed by atoms with Crippen molar-refractivity contribution in [3.05, 3.63) is 59.8 Å². The molecule has 6 nitrogen and oxygen atoms in total. The first kappa shape index (κ1) is 21.1. The smallest absolute Gasteiger partial charge is 0.382 e. The van der Waals surface area contributed by atoms with Gasteiger partial charge in [-0.05, 0) is 41.8 Å². The molecule has 0 aliphatic rings. The summed E-state index contributed by atoms with van der Waals surface area (Å²) in [5.74, 6) is 0.498. The van der Waals surface area contributed by atoms with Gasteiger partial charge < -0.3 is 16.8 Å². The van der Waals surface area contributed by atoms with Gasteiger partial charge in [0.1, 0.15) is 0 Å². The van der Waals surface area contributed by atoms with Crippen molar-refractivity contribution >= 4 is 33.2 Å². The second-order valence-electron chi connectivity index (χ2n) is 7.31. The number of hydrogen-bond donors (Lipinski definition) is 3. The molecule has 10 heteroatoms. The summed E-state index contributed by atoms with van der Waals surface area (Å²) >= 11 is 1.50. The third-order valence-electron chi connectivity index (χ3n) is 4.96. The monoisotopic (exact) mass is 446 g/mol. The minimum Gasteiger partial charge on any atom is -0.382 e. The first-order valence-electron chi connectivity index (χ1n) is 9.55. The first-order chi connectivity index (χ1) is 14.7. The Balaban J connectivity index is 1.37. The lowest BCUT2D eigenvalue weighted by atomic mass is 10.0. The van der Waals surface area contributed by atoms with E-state index in [-0.39, 0.29) is 6.04 Å². The summed E-state index contributed by atoms with van der Waals surface area (Å²) in [6.45, 7) is 0.450. The topological polar surface area (TPSA) is 94.8 Å². The van der Waals surface area contributed by atoms with Crippen molar-refractivity contribution < 1.29 is 13.2 Å². The summed E-state index contributed by atoms with van der Waals surface area (Å²) in [5, 5.41) is 9.07. The minimum atomic E-state index is -4.33. The number of nitrogen functional groups attached to an aromatic ring is 1. The summed E-state index contributed by atoms with van der Waals surface area (Å²) in [7, 11) is 1.85. The van der Waals surface area contributed by atoms with Crippen LogP contribution in [0, 0.1) is 0 Å². The van der Waals surface area contributed by atoms with Crippen LogP contribution in [0.1, 0.15) is 11.1 Å². The molecular formula is C21H21F3N6S. The normalized spacial score (nSPS) is 12.9. The van der Waals surface area contributed by atoms with Gasteiger partial charge in [0.05, 0.1) is 16.0 Å². The Hall–Kier alpha value is -3.11. The summed E-state index contributed by atoms with van der Waals surface area (Å²) in [5.41, 5.74) is 14.1. The molecular weight excluding hydrogens is 425 g/mol. The molecule has 162 valence electrons. The van der Waals surface area contributed by atoms with Gasteiger partial charge in [0, 0.05) is 31.2 Å². The van der Waals surface area contributed by atoms with Gasteiger partial charge >= 0.3 is 6.18 Å². The number of anilines is 2. The van der Waals surface area contributed by atoms with Gasteiger partial charge in [-0.1, -0.05) is 29.5 Å². The number of nitrogens with two attached hydrogens (primary N) is 2. The van der Waals surface area contributed by atoms with Crippen molar-refractivity contribution in [3.8, 4) is 10.4 Å². The van der Waals surface area contributed by atoms with Crippen LogP contribution in [0.4, 0.5) is 24.1 Å². The van der Waals surface area contributed by atoms with Crippen molar-refractivity contribution in [1.29, 1.82) is 0 Å². The molecule has 5 N–H and O–H groups in total. The lowest BCUT2D eigenvalue weighted by Gasteiger charge is -2.13. The summed E-state index contributed by atoms with van der Waals surface area (Å²) in [6.07, 6.45) is -2.09. The zero-order chi connectivity index (χ0) is 22.2. The van der Waals surface area contributed by atoms with E-state index < -0.39 is 11.7 Å². The molecule has 1 atom stereocenters. The van der Waals surface area contributed by atoms with Gasteiger partial charge in [-0.15, -0.1) is 0 Å². The Kier molecular flexibility index (Phi) is 5.59. The molecule has 4 rings (SSSR count). The number of thiazole rings is 1. The van der Waals surface area contributed by atoms with Crippen molar-refractivity contribution in [2.45, 2.75) is 18.6 Å². The van der Waals surface area contributed by atoms with Gasteiger partial charge in [-0.25, -0.2) is 4.98 Å². The average Bonchev–Trinajstić information content (AvgIpc) is 3.31. The van der Waals surface area contributed by atoms with Gasteiger partial charge in [-0.2, -0.15) is 18.3 Å². The van der Waals surface area contributed by atoms with Crippen molar-refractivity contribution in [2.75, 3.05) is 17.6 Å². The van der Waals surface area contributed by atoms with Crippen LogP contribution in [0.25, 0.3) is 21.3 Å². The number of nitrogens with one attached hydrogen (secondary N) is 1. The molecule has 2 aromatic heterocycles. The van der Waals surface area contributed by atoms with E-state index in [0.717, 1.165) is 44.2 Å². The highest BCUT2D eigenvalue weighted by Crippen LogP contribution is 2.32. The lowest BCUT2D eigenvalue weighted by molar-refractivity contribution is -0.137. The molecule has 0 spiro atoms. The maximum Gasteiger partial charge on any atom is 0.416 e. The van der Waals surface area contributed by atoms with Gasteiger partial charge in [-0.3, -0.25) is 4.68 Å². The second kappa shape index (κ2) is 8.20. The third kappa shape index (κ3) is 4.64. The van der Waals surface area contributed by atoms with Crippen molar-refractivity contribution in [3.63, 3.8) is 0 Å².